The van der Waals surface area contributed by atoms with Crippen molar-refractivity contribution in [3.8, 4) is 5.75 Å². The van der Waals surface area contributed by atoms with Crippen LogP contribution in [0.5, 0.6) is 5.75 Å². The Morgan fingerprint density at radius 3 is 2.48 bits per heavy atom. The van der Waals surface area contributed by atoms with Gasteiger partial charge in [0, 0.05) is 18.5 Å². The molecule has 1 aromatic heterocycles. The van der Waals surface area contributed by atoms with Gasteiger partial charge in [0.2, 0.25) is 0 Å². The second-order valence-electron chi connectivity index (χ2n) is 4.46. The number of aryl methyl sites for hydroxylation is 2. The van der Waals surface area contributed by atoms with E-state index in [1.807, 2.05) is 0 Å². The fraction of sp³-hybridized carbons (Fsp3) is 0.231. The molecule has 1 heterocycles. The predicted octanol–water partition coefficient (Wildman–Crippen LogP) is 1.84. The summed E-state index contributed by atoms with van der Waals surface area (Å²) in [7, 11) is 1.34. The van der Waals surface area contributed by atoms with Crippen molar-refractivity contribution in [2.45, 2.75) is 13.3 Å². The van der Waals surface area contributed by atoms with Gasteiger partial charge >= 0.3 is 6.36 Å². The van der Waals surface area contributed by atoms with Crippen molar-refractivity contribution in [2.75, 3.05) is 0 Å². The molecule has 0 spiro atoms. The monoisotopic (exact) mass is 300 g/mol. The number of amides is 1. The number of pyridine rings is 1. The summed E-state index contributed by atoms with van der Waals surface area (Å²) in [5.74, 6) is -1.33. The van der Waals surface area contributed by atoms with Gasteiger partial charge in [0.25, 0.3) is 11.5 Å². The molecule has 0 radical (unpaired) electrons. The van der Waals surface area contributed by atoms with E-state index in [0.717, 1.165) is 16.7 Å². The van der Waals surface area contributed by atoms with Crippen LogP contribution in [0, 0.1) is 6.92 Å². The highest BCUT2D eigenvalue weighted by Gasteiger charge is 2.31. The van der Waals surface area contributed by atoms with Gasteiger partial charge in [-0.15, -0.1) is 13.2 Å². The van der Waals surface area contributed by atoms with E-state index in [0.29, 0.717) is 10.9 Å². The van der Waals surface area contributed by atoms with Crippen LogP contribution < -0.4 is 16.0 Å². The second-order valence-corrected chi connectivity index (χ2v) is 4.46. The Balaban J connectivity index is 2.76. The summed E-state index contributed by atoms with van der Waals surface area (Å²) < 4.78 is 41.5. The average molecular weight is 300 g/mol. The molecule has 0 saturated carbocycles. The van der Waals surface area contributed by atoms with E-state index in [1.54, 1.807) is 0 Å². The molecule has 0 aliphatic heterocycles. The highest BCUT2D eigenvalue weighted by atomic mass is 19.4. The number of alkyl halides is 3. The number of carbonyl (C=O) groups excluding carboxylic acids is 1. The Labute approximate surface area is 116 Å². The van der Waals surface area contributed by atoms with Crippen molar-refractivity contribution in [1.82, 2.24) is 4.57 Å². The average Bonchev–Trinajstić information content (AvgIpc) is 2.33. The van der Waals surface area contributed by atoms with Crippen LogP contribution in [0.4, 0.5) is 13.2 Å². The van der Waals surface area contributed by atoms with E-state index in [-0.39, 0.29) is 11.1 Å². The number of nitrogens with two attached hydrogens (primary N) is 1. The van der Waals surface area contributed by atoms with Gasteiger partial charge in [-0.05, 0) is 24.6 Å². The largest absolute Gasteiger partial charge is 0.573 e. The Hall–Kier alpha value is -2.51. The van der Waals surface area contributed by atoms with Gasteiger partial charge in [0.1, 0.15) is 11.3 Å². The second kappa shape index (κ2) is 4.80. The number of hydrogen-bond acceptors (Lipinski definition) is 3. The number of primary amides is 1. The molecule has 2 rings (SSSR count). The molecular weight excluding hydrogens is 289 g/mol. The molecule has 2 N–H and O–H groups in total. The molecule has 0 bridgehead atoms. The predicted molar refractivity (Wildman–Crippen MR) is 69.1 cm³/mol. The van der Waals surface area contributed by atoms with Crippen LogP contribution in [0.2, 0.25) is 0 Å². The zero-order valence-electron chi connectivity index (χ0n) is 11.1. The van der Waals surface area contributed by atoms with Crippen molar-refractivity contribution < 1.29 is 22.7 Å². The number of halogens is 3. The molecule has 2 aromatic rings. The first-order valence-electron chi connectivity index (χ1n) is 5.80. The third-order valence-electron chi connectivity index (χ3n) is 3.11. The van der Waals surface area contributed by atoms with Crippen molar-refractivity contribution in [1.29, 1.82) is 0 Å². The Morgan fingerprint density at radius 2 is 1.95 bits per heavy atom. The number of benzene rings is 1. The molecule has 1 aromatic carbocycles. The first kappa shape index (κ1) is 14.9. The summed E-state index contributed by atoms with van der Waals surface area (Å²) in [6.07, 6.45) is -4.82. The summed E-state index contributed by atoms with van der Waals surface area (Å²) >= 11 is 0. The lowest BCUT2D eigenvalue weighted by atomic mass is 10.0. The minimum absolute atomic E-state index is 0.186. The molecule has 1 amide bonds. The summed E-state index contributed by atoms with van der Waals surface area (Å²) in [6, 6.07) is 3.54. The third-order valence-corrected chi connectivity index (χ3v) is 3.11. The smallest absolute Gasteiger partial charge is 0.406 e. The van der Waals surface area contributed by atoms with Gasteiger partial charge in [0.05, 0.1) is 5.52 Å². The van der Waals surface area contributed by atoms with E-state index in [1.165, 1.54) is 20.0 Å². The quantitative estimate of drug-likeness (QED) is 0.919. The summed E-state index contributed by atoms with van der Waals surface area (Å²) in [5.41, 5.74) is 4.84. The number of hydrogen-bond donors (Lipinski definition) is 1. The van der Waals surface area contributed by atoms with E-state index < -0.39 is 23.6 Å². The maximum Gasteiger partial charge on any atom is 0.573 e. The normalized spacial score (nSPS) is 11.7. The zero-order chi connectivity index (χ0) is 15.9. The fourth-order valence-corrected chi connectivity index (χ4v) is 2.17. The minimum Gasteiger partial charge on any atom is -0.406 e. The highest BCUT2D eigenvalue weighted by molar-refractivity contribution is 5.99. The Kier molecular flexibility index (Phi) is 3.40. The topological polar surface area (TPSA) is 74.3 Å². The van der Waals surface area contributed by atoms with Crippen molar-refractivity contribution in [2.24, 2.45) is 12.8 Å². The van der Waals surface area contributed by atoms with Gasteiger partial charge < -0.3 is 15.0 Å². The van der Waals surface area contributed by atoms with Crippen LogP contribution in [0.25, 0.3) is 10.9 Å². The molecule has 0 unspecified atom stereocenters. The van der Waals surface area contributed by atoms with E-state index >= 15 is 0 Å². The molecule has 0 atom stereocenters. The first-order valence-corrected chi connectivity index (χ1v) is 5.80. The molecule has 8 heteroatoms. The summed E-state index contributed by atoms with van der Waals surface area (Å²) in [6.45, 7) is 1.51. The summed E-state index contributed by atoms with van der Waals surface area (Å²) in [4.78, 5) is 23.4. The molecule has 112 valence electrons. The Morgan fingerprint density at radius 1 is 1.33 bits per heavy atom. The van der Waals surface area contributed by atoms with E-state index in [4.69, 9.17) is 5.73 Å². The maximum absolute atomic E-state index is 12.2. The lowest BCUT2D eigenvalue weighted by Crippen LogP contribution is -2.30. The number of fused-ring (bicyclic) bond motifs is 1. The first-order chi connectivity index (χ1) is 9.61. The van der Waals surface area contributed by atoms with Crippen LogP contribution in [0.3, 0.4) is 0 Å². The van der Waals surface area contributed by atoms with Gasteiger partial charge in [-0.2, -0.15) is 0 Å². The highest BCUT2D eigenvalue weighted by Crippen LogP contribution is 2.27. The van der Waals surface area contributed by atoms with Crippen LogP contribution in [0.15, 0.2) is 23.0 Å². The molecule has 0 saturated heterocycles. The number of rotatable bonds is 2. The Bertz CT molecular complexity index is 794. The molecule has 0 fully saturated rings. The van der Waals surface area contributed by atoms with Crippen molar-refractivity contribution in [3.05, 3.63) is 39.7 Å². The van der Waals surface area contributed by atoms with Gasteiger partial charge in [-0.1, -0.05) is 0 Å². The molecule has 21 heavy (non-hydrogen) atoms. The van der Waals surface area contributed by atoms with Gasteiger partial charge in [-0.25, -0.2) is 0 Å². The number of aromatic nitrogens is 1. The van der Waals surface area contributed by atoms with E-state index in [9.17, 15) is 22.8 Å². The molecule has 5 nitrogen and oxygen atoms in total. The molecule has 0 aliphatic carbocycles. The number of carbonyl (C=O) groups is 1. The third kappa shape index (κ3) is 2.69. The SMILES string of the molecule is Cc1c(C(N)=O)c(=O)n(C)c2cc(OC(F)(F)F)ccc12. The molecular formula is C13H11F3N2O3. The zero-order valence-corrected chi connectivity index (χ0v) is 11.1. The molecule has 0 aliphatic rings. The summed E-state index contributed by atoms with van der Waals surface area (Å²) in [5, 5.41) is 0.445. The van der Waals surface area contributed by atoms with Crippen LogP contribution in [0.1, 0.15) is 15.9 Å². The maximum atomic E-state index is 12.2. The number of ether oxygens (including phenoxy) is 1. The van der Waals surface area contributed by atoms with Crippen molar-refractivity contribution >= 4 is 16.8 Å². The van der Waals surface area contributed by atoms with Crippen LogP contribution >= 0.6 is 0 Å². The van der Waals surface area contributed by atoms with Gasteiger partial charge in [0.15, 0.2) is 0 Å². The van der Waals surface area contributed by atoms with Crippen LogP contribution in [-0.2, 0) is 7.05 Å². The minimum atomic E-state index is -4.82. The number of nitrogens with zero attached hydrogens (tertiary/aromatic N) is 1. The standard InChI is InChI=1S/C13H11F3N2O3/c1-6-8-4-3-7(21-13(14,15)16)5-9(8)18(2)12(20)10(6)11(17)19/h3-5H,1-2H3,(H2,17,19). The lowest BCUT2D eigenvalue weighted by Gasteiger charge is -2.14. The van der Waals surface area contributed by atoms with Crippen LogP contribution in [-0.4, -0.2) is 16.8 Å². The van der Waals surface area contributed by atoms with Gasteiger partial charge in [-0.3, -0.25) is 9.59 Å². The fourth-order valence-electron chi connectivity index (χ4n) is 2.17. The van der Waals surface area contributed by atoms with E-state index in [2.05, 4.69) is 4.74 Å². The van der Waals surface area contributed by atoms with Crippen molar-refractivity contribution in [3.63, 3.8) is 0 Å². The lowest BCUT2D eigenvalue weighted by molar-refractivity contribution is -0.274.